The van der Waals surface area contributed by atoms with Gasteiger partial charge in [0, 0.05) is 24.7 Å². The molecule has 1 fully saturated rings. The maximum atomic E-state index is 13.7. The first-order valence-corrected chi connectivity index (χ1v) is 10.1. The number of fused-ring (bicyclic) bond motifs is 1. The third-order valence-electron chi connectivity index (χ3n) is 5.31. The van der Waals surface area contributed by atoms with Crippen LogP contribution in [0, 0.1) is 5.92 Å². The lowest BCUT2D eigenvalue weighted by Gasteiger charge is -2.33. The first-order chi connectivity index (χ1) is 14.2. The van der Waals surface area contributed by atoms with Gasteiger partial charge in [0.15, 0.2) is 5.71 Å². The van der Waals surface area contributed by atoms with E-state index in [-0.39, 0.29) is 16.7 Å². The predicted octanol–water partition coefficient (Wildman–Crippen LogP) is 3.03. The minimum atomic E-state index is -4.80. The van der Waals surface area contributed by atoms with Crippen molar-refractivity contribution in [2.75, 3.05) is 18.1 Å². The highest BCUT2D eigenvalue weighted by molar-refractivity contribution is 7.22. The van der Waals surface area contributed by atoms with Crippen LogP contribution in [0.25, 0.3) is 10.2 Å². The van der Waals surface area contributed by atoms with E-state index in [1.54, 1.807) is 29.2 Å². The number of rotatable bonds is 3. The zero-order valence-electron chi connectivity index (χ0n) is 15.9. The standard InChI is InChI=1S/C19H18F3N5O2S/c1-10(26-8-6-11(7-9-26)16(23)28)14-15(19(20,21)22)25-27(17(14)29)18-24-12-4-2-3-5-13(12)30-18/h2-5,11H,6-9H2,1H3,(H2,23,28)/b14-10+. The zero-order chi connectivity index (χ0) is 21.6. The number of allylic oxidation sites excluding steroid dienone is 1. The number of primary amides is 1. The molecule has 0 unspecified atom stereocenters. The van der Waals surface area contributed by atoms with E-state index in [0.29, 0.717) is 31.4 Å². The number of thiazole rings is 1. The van der Waals surface area contributed by atoms with Crippen LogP contribution in [-0.2, 0) is 9.59 Å². The molecule has 0 aliphatic carbocycles. The van der Waals surface area contributed by atoms with Crippen LogP contribution in [0.4, 0.5) is 18.3 Å². The number of carbonyl (C=O) groups is 2. The van der Waals surface area contributed by atoms with Crippen molar-refractivity contribution in [1.82, 2.24) is 9.88 Å². The summed E-state index contributed by atoms with van der Waals surface area (Å²) in [5, 5.41) is 4.42. The summed E-state index contributed by atoms with van der Waals surface area (Å²) >= 11 is 1.10. The number of carbonyl (C=O) groups excluding carboxylic acids is 2. The fraction of sp³-hybridized carbons (Fsp3) is 0.368. The Morgan fingerprint density at radius 1 is 1.23 bits per heavy atom. The van der Waals surface area contributed by atoms with Gasteiger partial charge in [-0.3, -0.25) is 9.59 Å². The van der Waals surface area contributed by atoms with Gasteiger partial charge in [0.05, 0.1) is 15.8 Å². The summed E-state index contributed by atoms with van der Waals surface area (Å²) in [5.74, 6) is -1.60. The molecule has 2 aliphatic heterocycles. The molecule has 1 saturated heterocycles. The largest absolute Gasteiger partial charge is 0.436 e. The molecule has 7 nitrogen and oxygen atoms in total. The van der Waals surface area contributed by atoms with Crippen LogP contribution in [0.3, 0.4) is 0 Å². The van der Waals surface area contributed by atoms with Gasteiger partial charge >= 0.3 is 6.18 Å². The van der Waals surface area contributed by atoms with E-state index in [2.05, 4.69) is 10.1 Å². The highest BCUT2D eigenvalue weighted by atomic mass is 32.1. The number of halogens is 3. The summed E-state index contributed by atoms with van der Waals surface area (Å²) in [6, 6.07) is 7.03. The fourth-order valence-corrected chi connectivity index (χ4v) is 4.58. The molecule has 2 N–H and O–H groups in total. The molecule has 0 bridgehead atoms. The molecule has 0 atom stereocenters. The molecule has 11 heteroatoms. The minimum Gasteiger partial charge on any atom is -0.374 e. The molecule has 0 spiro atoms. The van der Waals surface area contributed by atoms with Crippen LogP contribution in [0.1, 0.15) is 19.8 Å². The van der Waals surface area contributed by atoms with Gasteiger partial charge in [-0.05, 0) is 31.9 Å². The smallest absolute Gasteiger partial charge is 0.374 e. The second kappa shape index (κ2) is 7.38. The van der Waals surface area contributed by atoms with Crippen molar-refractivity contribution in [3.8, 4) is 0 Å². The van der Waals surface area contributed by atoms with Crippen LogP contribution in [0.2, 0.25) is 0 Å². The molecular weight excluding hydrogens is 419 g/mol. The second-order valence-electron chi connectivity index (χ2n) is 7.15. The Bertz CT molecular complexity index is 1050. The highest BCUT2D eigenvalue weighted by Gasteiger charge is 2.49. The van der Waals surface area contributed by atoms with E-state index in [4.69, 9.17) is 5.73 Å². The van der Waals surface area contributed by atoms with Crippen LogP contribution in [0.5, 0.6) is 0 Å². The maximum Gasteiger partial charge on any atom is 0.436 e. The monoisotopic (exact) mass is 437 g/mol. The average Bonchev–Trinajstić information content (AvgIpc) is 3.28. The molecule has 2 amide bonds. The van der Waals surface area contributed by atoms with E-state index in [9.17, 15) is 22.8 Å². The van der Waals surface area contributed by atoms with Gasteiger partial charge in [-0.2, -0.15) is 23.3 Å². The number of hydrazone groups is 1. The van der Waals surface area contributed by atoms with Gasteiger partial charge in [-0.25, -0.2) is 4.98 Å². The first-order valence-electron chi connectivity index (χ1n) is 9.28. The topological polar surface area (TPSA) is 91.9 Å². The average molecular weight is 437 g/mol. The highest BCUT2D eigenvalue weighted by Crippen LogP contribution is 2.37. The van der Waals surface area contributed by atoms with Crippen molar-refractivity contribution in [3.05, 3.63) is 35.5 Å². The van der Waals surface area contributed by atoms with Gasteiger partial charge in [0.25, 0.3) is 5.91 Å². The molecule has 3 heterocycles. The Kier molecular flexibility index (Phi) is 5.00. The van der Waals surface area contributed by atoms with Crippen molar-refractivity contribution in [3.63, 3.8) is 0 Å². The molecular formula is C19H18F3N5O2S. The lowest BCUT2D eigenvalue weighted by molar-refractivity contribution is -0.123. The zero-order valence-corrected chi connectivity index (χ0v) is 16.8. The van der Waals surface area contributed by atoms with Crippen molar-refractivity contribution < 1.29 is 22.8 Å². The van der Waals surface area contributed by atoms with Gasteiger partial charge in [-0.15, -0.1) is 0 Å². The molecule has 4 rings (SSSR count). The third kappa shape index (κ3) is 3.53. The van der Waals surface area contributed by atoms with E-state index < -0.39 is 29.3 Å². The van der Waals surface area contributed by atoms with Gasteiger partial charge in [0.2, 0.25) is 11.0 Å². The van der Waals surface area contributed by atoms with E-state index >= 15 is 0 Å². The number of aromatic nitrogens is 1. The third-order valence-corrected chi connectivity index (χ3v) is 6.32. The second-order valence-corrected chi connectivity index (χ2v) is 8.16. The van der Waals surface area contributed by atoms with Crippen molar-refractivity contribution in [2.45, 2.75) is 25.9 Å². The SMILES string of the molecule is C/C(=C1\C(=O)N(c2nc3ccccc3s2)N=C1C(F)(F)F)N1CCC(C(N)=O)CC1. The number of benzene rings is 1. The number of para-hydroxylation sites is 1. The molecule has 2 aromatic rings. The van der Waals surface area contributed by atoms with Crippen LogP contribution < -0.4 is 10.7 Å². The molecule has 2 aliphatic rings. The molecule has 30 heavy (non-hydrogen) atoms. The number of anilines is 1. The Morgan fingerprint density at radius 2 is 1.90 bits per heavy atom. The molecule has 158 valence electrons. The van der Waals surface area contributed by atoms with Gasteiger partial charge in [0.1, 0.15) is 0 Å². The summed E-state index contributed by atoms with van der Waals surface area (Å²) in [6.07, 6.45) is -3.95. The van der Waals surface area contributed by atoms with E-state index in [1.807, 2.05) is 0 Å². The maximum absolute atomic E-state index is 13.7. The quantitative estimate of drug-likeness (QED) is 0.748. The number of hydrogen-bond donors (Lipinski definition) is 1. The Hall–Kier alpha value is -2.95. The summed E-state index contributed by atoms with van der Waals surface area (Å²) in [5.41, 5.74) is 4.36. The number of likely N-dealkylation sites (tertiary alicyclic amines) is 1. The molecule has 1 aromatic heterocycles. The number of piperidine rings is 1. The Labute approximate surface area is 173 Å². The normalized spacial score (nSPS) is 20.1. The summed E-state index contributed by atoms with van der Waals surface area (Å²) in [7, 11) is 0. The predicted molar refractivity (Wildman–Crippen MR) is 107 cm³/mol. The summed E-state index contributed by atoms with van der Waals surface area (Å²) in [6.45, 7) is 2.14. The van der Waals surface area contributed by atoms with Gasteiger partial charge in [-0.1, -0.05) is 23.5 Å². The van der Waals surface area contributed by atoms with Crippen molar-refractivity contribution >= 4 is 44.2 Å². The summed E-state index contributed by atoms with van der Waals surface area (Å²) < 4.78 is 41.9. The van der Waals surface area contributed by atoms with Crippen LogP contribution in [-0.4, -0.2) is 46.7 Å². The Morgan fingerprint density at radius 3 is 2.50 bits per heavy atom. The lowest BCUT2D eigenvalue weighted by Crippen LogP contribution is -2.39. The van der Waals surface area contributed by atoms with Gasteiger partial charge < -0.3 is 10.6 Å². The van der Waals surface area contributed by atoms with Crippen LogP contribution >= 0.6 is 11.3 Å². The molecule has 0 radical (unpaired) electrons. The van der Waals surface area contributed by atoms with Crippen molar-refractivity contribution in [1.29, 1.82) is 0 Å². The molecule has 0 saturated carbocycles. The minimum absolute atomic E-state index is 0.0817. The lowest BCUT2D eigenvalue weighted by atomic mass is 9.95. The number of hydrogen-bond acceptors (Lipinski definition) is 6. The Balaban J connectivity index is 1.70. The van der Waals surface area contributed by atoms with E-state index in [1.165, 1.54) is 6.92 Å². The number of nitrogens with two attached hydrogens (primary N) is 1. The van der Waals surface area contributed by atoms with Crippen LogP contribution in [0.15, 0.2) is 40.6 Å². The molecule has 1 aromatic carbocycles. The van der Waals surface area contributed by atoms with E-state index in [0.717, 1.165) is 21.0 Å². The number of amides is 2. The number of nitrogens with zero attached hydrogens (tertiary/aromatic N) is 4. The first kappa shape index (κ1) is 20.3. The summed E-state index contributed by atoms with van der Waals surface area (Å²) in [4.78, 5) is 30.3. The fourth-order valence-electron chi connectivity index (χ4n) is 3.66. The number of alkyl halides is 3. The van der Waals surface area contributed by atoms with Crippen molar-refractivity contribution in [2.24, 2.45) is 16.8 Å².